The lowest BCUT2D eigenvalue weighted by atomic mass is 10.1. The Bertz CT molecular complexity index is 590. The number of aromatic amines is 2. The summed E-state index contributed by atoms with van der Waals surface area (Å²) in [5.74, 6) is 0. The highest BCUT2D eigenvalue weighted by atomic mass is 16.3. The largest absolute Gasteiger partial charge is 0.395 e. The summed E-state index contributed by atoms with van der Waals surface area (Å²) in [5.41, 5.74) is 1.08. The van der Waals surface area contributed by atoms with E-state index in [1.165, 1.54) is 6.33 Å². The zero-order chi connectivity index (χ0) is 13.8. The average Bonchev–Trinajstić information content (AvgIpc) is 2.86. The highest BCUT2D eigenvalue weighted by Gasteiger charge is 2.20. The van der Waals surface area contributed by atoms with E-state index in [9.17, 15) is 9.90 Å². The number of nitrogens with zero attached hydrogens (tertiary/aromatic N) is 1. The Morgan fingerprint density at radius 3 is 2.58 bits per heavy atom. The first-order chi connectivity index (χ1) is 9.21. The van der Waals surface area contributed by atoms with Gasteiger partial charge < -0.3 is 30.6 Å². The molecule has 2 rings (SSSR count). The van der Waals surface area contributed by atoms with Crippen LogP contribution in [0.5, 0.6) is 0 Å². The fourth-order valence-corrected chi connectivity index (χ4v) is 1.92. The second-order valence-corrected chi connectivity index (χ2v) is 4.16. The number of hydrogen-bond donors (Lipinski definition) is 6. The molecule has 8 nitrogen and oxygen atoms in total. The maximum Gasteiger partial charge on any atom is 0.275 e. The fraction of sp³-hybridized carbons (Fsp3) is 0.455. The SMILES string of the molecule is O=c1[nH]cnc2c([C@@H](CO)NC(CO)CO)c[nH]c12. The summed E-state index contributed by atoms with van der Waals surface area (Å²) in [6.45, 7) is -0.773. The summed E-state index contributed by atoms with van der Waals surface area (Å²) in [6.07, 6.45) is 2.86. The summed E-state index contributed by atoms with van der Waals surface area (Å²) < 4.78 is 0. The van der Waals surface area contributed by atoms with Crippen LogP contribution in [0.2, 0.25) is 0 Å². The molecule has 0 aliphatic carbocycles. The van der Waals surface area contributed by atoms with Crippen LogP contribution < -0.4 is 10.9 Å². The molecule has 104 valence electrons. The molecule has 0 fully saturated rings. The van der Waals surface area contributed by atoms with E-state index in [4.69, 9.17) is 10.2 Å². The predicted molar refractivity (Wildman–Crippen MR) is 67.6 cm³/mol. The number of fused-ring (bicyclic) bond motifs is 1. The van der Waals surface area contributed by atoms with Crippen molar-refractivity contribution in [3.8, 4) is 0 Å². The Labute approximate surface area is 108 Å². The highest BCUT2D eigenvalue weighted by Crippen LogP contribution is 2.20. The first kappa shape index (κ1) is 13.7. The average molecular weight is 268 g/mol. The number of aliphatic hydroxyl groups excluding tert-OH is 3. The Hall–Kier alpha value is -1.74. The molecule has 0 saturated heterocycles. The monoisotopic (exact) mass is 268 g/mol. The molecule has 8 heteroatoms. The smallest absolute Gasteiger partial charge is 0.275 e. The van der Waals surface area contributed by atoms with Crippen molar-refractivity contribution in [2.45, 2.75) is 12.1 Å². The van der Waals surface area contributed by atoms with Crippen molar-refractivity contribution in [2.24, 2.45) is 0 Å². The Balaban J connectivity index is 2.36. The third-order valence-electron chi connectivity index (χ3n) is 2.93. The molecule has 0 amide bonds. The molecule has 0 aliphatic rings. The molecular weight excluding hydrogens is 252 g/mol. The van der Waals surface area contributed by atoms with Crippen molar-refractivity contribution in [1.82, 2.24) is 20.3 Å². The van der Waals surface area contributed by atoms with E-state index >= 15 is 0 Å². The van der Waals surface area contributed by atoms with Crippen molar-refractivity contribution in [3.05, 3.63) is 28.4 Å². The molecule has 6 N–H and O–H groups in total. The van der Waals surface area contributed by atoms with Gasteiger partial charge in [0, 0.05) is 11.8 Å². The van der Waals surface area contributed by atoms with Crippen LogP contribution in [0.1, 0.15) is 11.6 Å². The van der Waals surface area contributed by atoms with Gasteiger partial charge in [-0.2, -0.15) is 0 Å². The molecule has 2 aromatic rings. The molecule has 2 aromatic heterocycles. The summed E-state index contributed by atoms with van der Waals surface area (Å²) >= 11 is 0. The minimum atomic E-state index is -0.552. The quantitative estimate of drug-likeness (QED) is 0.367. The lowest BCUT2D eigenvalue weighted by molar-refractivity contribution is 0.145. The van der Waals surface area contributed by atoms with Crippen LogP contribution in [0.15, 0.2) is 17.3 Å². The van der Waals surface area contributed by atoms with Gasteiger partial charge in [-0.3, -0.25) is 4.79 Å². The minimum Gasteiger partial charge on any atom is -0.395 e. The first-order valence-electron chi connectivity index (χ1n) is 5.84. The molecule has 0 bridgehead atoms. The molecule has 0 spiro atoms. The van der Waals surface area contributed by atoms with E-state index in [2.05, 4.69) is 20.3 Å². The lowest BCUT2D eigenvalue weighted by Crippen LogP contribution is -2.39. The van der Waals surface area contributed by atoms with Gasteiger partial charge in [0.1, 0.15) is 11.0 Å². The molecule has 2 heterocycles. The van der Waals surface area contributed by atoms with Gasteiger partial charge in [0.05, 0.1) is 38.2 Å². The maximum atomic E-state index is 11.5. The Morgan fingerprint density at radius 2 is 1.95 bits per heavy atom. The zero-order valence-electron chi connectivity index (χ0n) is 10.1. The number of aromatic nitrogens is 3. The van der Waals surface area contributed by atoms with Gasteiger partial charge >= 0.3 is 0 Å². The summed E-state index contributed by atoms with van der Waals surface area (Å²) in [4.78, 5) is 20.9. The number of aliphatic hydroxyl groups is 3. The Kier molecular flexibility index (Phi) is 4.27. The van der Waals surface area contributed by atoms with E-state index < -0.39 is 12.1 Å². The van der Waals surface area contributed by atoms with Gasteiger partial charge in [-0.15, -0.1) is 0 Å². The van der Waals surface area contributed by atoms with E-state index in [0.29, 0.717) is 16.6 Å². The van der Waals surface area contributed by atoms with Crippen molar-refractivity contribution in [1.29, 1.82) is 0 Å². The number of nitrogens with one attached hydrogen (secondary N) is 3. The maximum absolute atomic E-state index is 11.5. The predicted octanol–water partition coefficient (Wildman–Crippen LogP) is -1.77. The van der Waals surface area contributed by atoms with Crippen LogP contribution in [0.25, 0.3) is 11.0 Å². The van der Waals surface area contributed by atoms with Gasteiger partial charge in [0.15, 0.2) is 0 Å². The van der Waals surface area contributed by atoms with Crippen LogP contribution >= 0.6 is 0 Å². The summed E-state index contributed by atoms with van der Waals surface area (Å²) in [5, 5.41) is 30.4. The van der Waals surface area contributed by atoms with Crippen LogP contribution in [0, 0.1) is 0 Å². The molecule has 0 aromatic carbocycles. The fourth-order valence-electron chi connectivity index (χ4n) is 1.92. The second-order valence-electron chi connectivity index (χ2n) is 4.16. The number of H-pyrrole nitrogens is 2. The van der Waals surface area contributed by atoms with Gasteiger partial charge in [0.25, 0.3) is 5.56 Å². The van der Waals surface area contributed by atoms with Crippen molar-refractivity contribution in [2.75, 3.05) is 19.8 Å². The third kappa shape index (κ3) is 2.66. The van der Waals surface area contributed by atoms with Gasteiger partial charge in [-0.25, -0.2) is 4.98 Å². The number of hydrogen-bond acceptors (Lipinski definition) is 6. The van der Waals surface area contributed by atoms with Crippen molar-refractivity contribution in [3.63, 3.8) is 0 Å². The highest BCUT2D eigenvalue weighted by molar-refractivity contribution is 5.78. The van der Waals surface area contributed by atoms with Crippen molar-refractivity contribution < 1.29 is 15.3 Å². The van der Waals surface area contributed by atoms with Gasteiger partial charge in [-0.1, -0.05) is 0 Å². The van der Waals surface area contributed by atoms with E-state index in [-0.39, 0.29) is 25.4 Å². The lowest BCUT2D eigenvalue weighted by Gasteiger charge is -2.21. The minimum absolute atomic E-state index is 0.252. The van der Waals surface area contributed by atoms with Gasteiger partial charge in [-0.05, 0) is 0 Å². The molecule has 0 saturated carbocycles. The molecular formula is C11H16N4O4. The third-order valence-corrected chi connectivity index (χ3v) is 2.93. The van der Waals surface area contributed by atoms with Gasteiger partial charge in [0.2, 0.25) is 0 Å². The Morgan fingerprint density at radius 1 is 1.21 bits per heavy atom. The van der Waals surface area contributed by atoms with Crippen LogP contribution in [0.4, 0.5) is 0 Å². The van der Waals surface area contributed by atoms with E-state index in [1.807, 2.05) is 0 Å². The molecule has 19 heavy (non-hydrogen) atoms. The van der Waals surface area contributed by atoms with Crippen LogP contribution in [-0.4, -0.2) is 56.1 Å². The van der Waals surface area contributed by atoms with Crippen molar-refractivity contribution >= 4 is 11.0 Å². The topological polar surface area (TPSA) is 134 Å². The van der Waals surface area contributed by atoms with Crippen LogP contribution in [0.3, 0.4) is 0 Å². The summed E-state index contributed by atoms with van der Waals surface area (Å²) in [6, 6.07) is -1.09. The molecule has 0 unspecified atom stereocenters. The van der Waals surface area contributed by atoms with E-state index in [0.717, 1.165) is 0 Å². The number of rotatable bonds is 6. The van der Waals surface area contributed by atoms with E-state index in [1.54, 1.807) is 6.20 Å². The summed E-state index contributed by atoms with van der Waals surface area (Å²) in [7, 11) is 0. The first-order valence-corrected chi connectivity index (χ1v) is 5.84. The second kappa shape index (κ2) is 5.93. The molecule has 1 atom stereocenters. The molecule has 0 aliphatic heterocycles. The normalized spacial score (nSPS) is 13.3. The molecule has 0 radical (unpaired) electrons. The zero-order valence-corrected chi connectivity index (χ0v) is 10.1. The van der Waals surface area contributed by atoms with Crippen LogP contribution in [-0.2, 0) is 0 Å². The standard InChI is InChI=1S/C11H16N4O4/c16-2-6(3-17)15-8(4-18)7-1-12-10-9(7)13-5-14-11(10)19/h1,5-6,8,12,15-18H,2-4H2,(H,13,14,19)/t8-/m1/s1.